The first-order chi connectivity index (χ1) is 25.5. The Labute approximate surface area is 324 Å². The van der Waals surface area contributed by atoms with Crippen molar-refractivity contribution in [3.8, 4) is 0 Å². The normalized spacial score (nSPS) is 58.7. The number of ether oxygens (including phenoxy) is 5. The summed E-state index contributed by atoms with van der Waals surface area (Å²) >= 11 is 0. The Bertz CT molecular complexity index is 1460. The zero-order valence-corrected chi connectivity index (χ0v) is 33.6. The van der Waals surface area contributed by atoms with Gasteiger partial charge in [0.2, 0.25) is 0 Å². The summed E-state index contributed by atoms with van der Waals surface area (Å²) in [6.07, 6.45) is -7.48. The minimum Gasteiger partial charge on any atom is -0.394 e. The minimum atomic E-state index is -1.60. The van der Waals surface area contributed by atoms with E-state index in [2.05, 4.69) is 34.6 Å². The maximum absolute atomic E-state index is 12.2. The third-order valence-corrected chi connectivity index (χ3v) is 17.6. The van der Waals surface area contributed by atoms with Gasteiger partial charge in [-0.15, -0.1) is 0 Å². The molecule has 3 saturated heterocycles. The molecule has 3 heterocycles. The predicted octanol–water partition coefficient (Wildman–Crippen LogP) is 0.724. The van der Waals surface area contributed by atoms with Gasteiger partial charge in [-0.05, 0) is 117 Å². The molecular weight excluding hydrogens is 716 g/mol. The van der Waals surface area contributed by atoms with Crippen molar-refractivity contribution in [3.63, 3.8) is 0 Å². The van der Waals surface area contributed by atoms with Crippen LogP contribution >= 0.6 is 0 Å². The largest absolute Gasteiger partial charge is 0.394 e. The molecular formula is C41H68O14. The fourth-order valence-electron chi connectivity index (χ4n) is 14.9. The molecule has 55 heavy (non-hydrogen) atoms. The van der Waals surface area contributed by atoms with Crippen LogP contribution in [0.5, 0.6) is 0 Å². The van der Waals surface area contributed by atoms with E-state index < -0.39 is 96.8 Å². The Hall–Kier alpha value is -0.560. The Morgan fingerprint density at radius 1 is 0.709 bits per heavy atom. The van der Waals surface area contributed by atoms with E-state index in [1.54, 1.807) is 13.8 Å². The molecule has 5 saturated carbocycles. The van der Waals surface area contributed by atoms with Crippen molar-refractivity contribution in [2.75, 3.05) is 13.2 Å². The van der Waals surface area contributed by atoms with Crippen LogP contribution in [0.1, 0.15) is 106 Å². The maximum atomic E-state index is 12.2. The van der Waals surface area contributed by atoms with Crippen molar-refractivity contribution >= 4 is 0 Å². The standard InChI is InChI=1S/C41H68O14/c1-35(2)24(54-33-29(48)26(45)20(44)17-51-33)9-11-41-18-40(41)13-12-37(5)31(39(7)10-8-25(55-39)36(3,4)50)19(43)15-38(37,6)23(40)14-21(32(35)41)52-34-30(49)28(47)27(46)22(16-42)53-34/h19-34,42-50H,8-18H2,1-7H3/t19-,20+,21-,22-,23-,24-,25-,26-,27-,28+,29+,30-,31-,32?,33-,34-,37+,38-,39+,40-,41+/m0/s1. The van der Waals surface area contributed by atoms with Crippen LogP contribution in [0.15, 0.2) is 0 Å². The topological polar surface area (TPSA) is 228 Å². The third-order valence-electron chi connectivity index (χ3n) is 17.6. The molecule has 1 unspecified atom stereocenters. The number of rotatable bonds is 7. The summed E-state index contributed by atoms with van der Waals surface area (Å²) < 4.78 is 31.9. The molecule has 316 valence electrons. The minimum absolute atomic E-state index is 0.0633. The molecule has 8 rings (SSSR count). The lowest BCUT2D eigenvalue weighted by atomic mass is 9.41. The Morgan fingerprint density at radius 2 is 1.40 bits per heavy atom. The lowest BCUT2D eigenvalue weighted by molar-refractivity contribution is -0.339. The van der Waals surface area contributed by atoms with E-state index in [0.29, 0.717) is 25.7 Å². The lowest BCUT2D eigenvalue weighted by Gasteiger charge is -2.65. The van der Waals surface area contributed by atoms with Crippen LogP contribution < -0.4 is 0 Å². The molecule has 0 amide bonds. The molecule has 9 N–H and O–H groups in total. The highest BCUT2D eigenvalue weighted by atomic mass is 16.7. The fraction of sp³-hybridized carbons (Fsp3) is 1.00. The molecule has 3 aliphatic heterocycles. The molecule has 8 fully saturated rings. The third kappa shape index (κ3) is 5.70. The first-order valence-corrected chi connectivity index (χ1v) is 20.9. The molecule has 8 aliphatic rings. The van der Waals surface area contributed by atoms with Gasteiger partial charge in [0.05, 0.1) is 48.8 Å². The number of aliphatic hydroxyl groups excluding tert-OH is 8. The van der Waals surface area contributed by atoms with E-state index in [1.807, 2.05) is 0 Å². The number of fused-ring (bicyclic) bond motifs is 2. The van der Waals surface area contributed by atoms with Crippen LogP contribution in [0, 0.1) is 44.8 Å². The molecule has 21 atom stereocenters. The van der Waals surface area contributed by atoms with Gasteiger partial charge in [0, 0.05) is 5.92 Å². The predicted molar refractivity (Wildman–Crippen MR) is 194 cm³/mol. The highest BCUT2D eigenvalue weighted by Crippen LogP contribution is 2.89. The zero-order chi connectivity index (χ0) is 40.1. The van der Waals surface area contributed by atoms with E-state index >= 15 is 0 Å². The summed E-state index contributed by atoms with van der Waals surface area (Å²) in [7, 11) is 0. The summed E-state index contributed by atoms with van der Waals surface area (Å²) in [5.74, 6) is -0.215. The lowest BCUT2D eigenvalue weighted by Crippen LogP contribution is -2.65. The molecule has 0 aromatic carbocycles. The van der Waals surface area contributed by atoms with Gasteiger partial charge in [-0.3, -0.25) is 0 Å². The van der Waals surface area contributed by atoms with Gasteiger partial charge >= 0.3 is 0 Å². The van der Waals surface area contributed by atoms with E-state index in [-0.39, 0.29) is 52.1 Å². The van der Waals surface area contributed by atoms with Gasteiger partial charge in [-0.2, -0.15) is 0 Å². The smallest absolute Gasteiger partial charge is 0.186 e. The molecule has 0 bridgehead atoms. The first-order valence-electron chi connectivity index (χ1n) is 20.9. The Morgan fingerprint density at radius 3 is 2.05 bits per heavy atom. The van der Waals surface area contributed by atoms with Gasteiger partial charge in [0.1, 0.15) is 42.7 Å². The van der Waals surface area contributed by atoms with Crippen LogP contribution in [0.4, 0.5) is 0 Å². The SMILES string of the molecule is CC(C)(O)[C@@H]1CC[C@](C)([C@H]2[C@@H](O)C[C@@]3(C)[C@@H]4C[C@H](O[C@H]5O[C@@H](CO)[C@H](O)[C@@H](O)[C@@H]5O)C5C(C)(C)[C@@H](O[C@@H]6OC[C@@H](O)[C@H](O)[C@H]6O)CC[C@@]56C[C@@]46CC[C@]23C)O1. The number of hydrogen-bond acceptors (Lipinski definition) is 14. The quantitative estimate of drug-likeness (QED) is 0.162. The van der Waals surface area contributed by atoms with Gasteiger partial charge in [0.25, 0.3) is 0 Å². The summed E-state index contributed by atoms with van der Waals surface area (Å²) in [5.41, 5.74) is -3.16. The van der Waals surface area contributed by atoms with E-state index in [4.69, 9.17) is 23.7 Å². The van der Waals surface area contributed by atoms with Gasteiger partial charge in [-0.1, -0.05) is 27.7 Å². The molecule has 0 radical (unpaired) electrons. The first kappa shape index (κ1) is 41.2. The van der Waals surface area contributed by atoms with Gasteiger partial charge in [-0.25, -0.2) is 0 Å². The van der Waals surface area contributed by atoms with Crippen molar-refractivity contribution in [2.45, 2.75) is 197 Å². The van der Waals surface area contributed by atoms with E-state index in [1.165, 1.54) is 0 Å². The number of aliphatic hydroxyl groups is 9. The maximum Gasteiger partial charge on any atom is 0.186 e. The molecule has 0 aromatic rings. The average molecular weight is 785 g/mol. The molecule has 14 heteroatoms. The van der Waals surface area contributed by atoms with Crippen molar-refractivity contribution in [3.05, 3.63) is 0 Å². The fourth-order valence-corrected chi connectivity index (χ4v) is 14.9. The number of hydrogen-bond donors (Lipinski definition) is 9. The molecule has 2 spiro atoms. The summed E-state index contributed by atoms with van der Waals surface area (Å²) in [6.45, 7) is 13.8. The van der Waals surface area contributed by atoms with Crippen LogP contribution in [0.25, 0.3) is 0 Å². The van der Waals surface area contributed by atoms with Gasteiger partial charge < -0.3 is 69.6 Å². The van der Waals surface area contributed by atoms with E-state index in [0.717, 1.165) is 32.1 Å². The van der Waals surface area contributed by atoms with Crippen molar-refractivity contribution in [1.29, 1.82) is 0 Å². The summed E-state index contributed by atoms with van der Waals surface area (Å²) in [6, 6.07) is 0. The van der Waals surface area contributed by atoms with E-state index in [9.17, 15) is 46.0 Å². The highest BCUT2D eigenvalue weighted by Gasteiger charge is 2.85. The van der Waals surface area contributed by atoms with Gasteiger partial charge in [0.15, 0.2) is 12.6 Å². The second-order valence-electron chi connectivity index (χ2n) is 21.1. The zero-order valence-electron chi connectivity index (χ0n) is 33.6. The second-order valence-corrected chi connectivity index (χ2v) is 21.1. The van der Waals surface area contributed by atoms with Crippen LogP contribution in [0.2, 0.25) is 0 Å². The van der Waals surface area contributed by atoms with Crippen LogP contribution in [-0.2, 0) is 23.7 Å². The average Bonchev–Trinajstić information content (AvgIpc) is 3.47. The van der Waals surface area contributed by atoms with Crippen LogP contribution in [0.3, 0.4) is 0 Å². The molecule has 14 nitrogen and oxygen atoms in total. The summed E-state index contributed by atoms with van der Waals surface area (Å²) in [5, 5.41) is 97.2. The summed E-state index contributed by atoms with van der Waals surface area (Å²) in [4.78, 5) is 0. The van der Waals surface area contributed by atoms with Crippen molar-refractivity contribution in [2.24, 2.45) is 44.8 Å². The molecule has 0 aromatic heterocycles. The van der Waals surface area contributed by atoms with Crippen molar-refractivity contribution in [1.82, 2.24) is 0 Å². The monoisotopic (exact) mass is 784 g/mol. The Balaban J connectivity index is 1.15. The van der Waals surface area contributed by atoms with Crippen LogP contribution in [-0.4, -0.2) is 150 Å². The highest BCUT2D eigenvalue weighted by molar-refractivity contribution is 5.33. The second kappa shape index (κ2) is 13.2. The van der Waals surface area contributed by atoms with Crippen molar-refractivity contribution < 1.29 is 69.6 Å². The molecule has 5 aliphatic carbocycles. The Kier molecular flexibility index (Phi) is 9.90.